The topological polar surface area (TPSA) is 60.4 Å². The van der Waals surface area contributed by atoms with Gasteiger partial charge in [-0.25, -0.2) is 17.2 Å². The lowest BCUT2D eigenvalue weighted by atomic mass is 9.96. The van der Waals surface area contributed by atoms with E-state index in [-0.39, 0.29) is 24.4 Å². The van der Waals surface area contributed by atoms with Crippen LogP contribution in [0.3, 0.4) is 0 Å². The van der Waals surface area contributed by atoms with Gasteiger partial charge in [-0.3, -0.25) is 4.90 Å². The van der Waals surface area contributed by atoms with Crippen LogP contribution >= 0.6 is 0 Å². The molecule has 0 amide bonds. The van der Waals surface area contributed by atoms with Crippen LogP contribution in [0.4, 0.5) is 8.78 Å². The summed E-state index contributed by atoms with van der Waals surface area (Å²) in [5.74, 6) is -3.65. The van der Waals surface area contributed by atoms with Crippen LogP contribution in [0.1, 0.15) is 11.1 Å². The van der Waals surface area contributed by atoms with Crippen LogP contribution in [0.2, 0.25) is 0 Å². The zero-order valence-electron chi connectivity index (χ0n) is 13.4. The summed E-state index contributed by atoms with van der Waals surface area (Å²) in [5, 5.41) is 0. The van der Waals surface area contributed by atoms with Crippen LogP contribution in [0.15, 0.2) is 59.5 Å². The zero-order chi connectivity index (χ0) is 18.1. The van der Waals surface area contributed by atoms with E-state index < -0.39 is 22.0 Å². The van der Waals surface area contributed by atoms with Crippen molar-refractivity contribution < 1.29 is 21.8 Å². The molecule has 1 atom stereocenters. The maximum Gasteiger partial charge on any atom is 0.264 e. The fraction of sp³-hybridized carbons (Fsp3) is 0.333. The first-order valence-corrected chi connectivity index (χ1v) is 9.34. The van der Waals surface area contributed by atoms with Gasteiger partial charge in [-0.05, 0) is 29.7 Å². The van der Waals surface area contributed by atoms with Crippen molar-refractivity contribution in [3.8, 4) is 0 Å². The predicted octanol–water partition coefficient (Wildman–Crippen LogP) is 2.90. The highest BCUT2D eigenvalue weighted by Gasteiger charge is 2.47. The third-order valence-corrected chi connectivity index (χ3v) is 5.30. The molecule has 1 heterocycles. The summed E-state index contributed by atoms with van der Waals surface area (Å²) in [6.45, 7) is 0.448. The molecule has 1 aliphatic heterocycles. The molecule has 1 aliphatic rings. The zero-order valence-corrected chi connectivity index (χ0v) is 14.3. The highest BCUT2D eigenvalue weighted by atomic mass is 32.2. The molecule has 134 valence electrons. The molecule has 0 N–H and O–H groups in total. The number of nitrogens with zero attached hydrogens (tertiary/aromatic N) is 1. The summed E-state index contributed by atoms with van der Waals surface area (Å²) < 4.78 is 61.4. The third-order valence-electron chi connectivity index (χ3n) is 4.45. The van der Waals surface area contributed by atoms with Crippen molar-refractivity contribution in [2.75, 3.05) is 13.1 Å². The Bertz CT molecular complexity index is 823. The van der Waals surface area contributed by atoms with Gasteiger partial charge in [0.2, 0.25) is 0 Å². The van der Waals surface area contributed by atoms with Crippen molar-refractivity contribution in [2.24, 2.45) is 5.92 Å². The van der Waals surface area contributed by atoms with Crippen LogP contribution in [0.5, 0.6) is 0 Å². The molecule has 2 aromatic carbocycles. The Morgan fingerprint density at radius 2 is 1.68 bits per heavy atom. The molecule has 0 aromatic heterocycles. The number of halogens is 2. The van der Waals surface area contributed by atoms with Crippen LogP contribution in [-0.2, 0) is 23.1 Å². The molecule has 3 rings (SSSR count). The fourth-order valence-corrected chi connectivity index (χ4v) is 3.66. The highest BCUT2D eigenvalue weighted by molar-refractivity contribution is 7.85. The number of benzene rings is 2. The second-order valence-corrected chi connectivity index (χ2v) is 7.80. The Morgan fingerprint density at radius 1 is 1.04 bits per heavy atom. The van der Waals surface area contributed by atoms with E-state index in [1.807, 2.05) is 30.3 Å². The number of rotatable bonds is 5. The summed E-state index contributed by atoms with van der Waals surface area (Å²) in [5.41, 5.74) is 1.59. The van der Waals surface area contributed by atoms with Crippen LogP contribution in [-0.4, -0.2) is 36.9 Å². The molecule has 7 heteroatoms. The number of hydrogen-bond acceptors (Lipinski definition) is 4. The molecule has 2 aromatic rings. The van der Waals surface area contributed by atoms with Gasteiger partial charge in [-0.2, -0.15) is 0 Å². The van der Waals surface area contributed by atoms with Crippen LogP contribution in [0.25, 0.3) is 0 Å². The van der Waals surface area contributed by atoms with E-state index in [0.717, 1.165) is 5.56 Å². The van der Waals surface area contributed by atoms with Crippen molar-refractivity contribution in [3.63, 3.8) is 0 Å². The molecule has 1 saturated heterocycles. The normalized spacial score (nSPS) is 20.7. The summed E-state index contributed by atoms with van der Waals surface area (Å²) >= 11 is 0. The SMILES string of the molecule is O=S(=O)([O-])c1ccc(CC2CN(Cc3ccccc3)CC2(F)F)cc1. The predicted molar refractivity (Wildman–Crippen MR) is 88.3 cm³/mol. The highest BCUT2D eigenvalue weighted by Crippen LogP contribution is 2.36. The van der Waals surface area contributed by atoms with Crippen molar-refractivity contribution in [2.45, 2.75) is 23.8 Å². The molecule has 0 radical (unpaired) electrons. The van der Waals surface area contributed by atoms with Gasteiger partial charge in [0.15, 0.2) is 0 Å². The van der Waals surface area contributed by atoms with Crippen molar-refractivity contribution in [3.05, 3.63) is 65.7 Å². The van der Waals surface area contributed by atoms with Gasteiger partial charge in [-0.15, -0.1) is 0 Å². The largest absolute Gasteiger partial charge is 0.744 e. The molecular weight excluding hydrogens is 348 g/mol. The first-order chi connectivity index (χ1) is 11.7. The Kier molecular flexibility index (Phi) is 4.90. The van der Waals surface area contributed by atoms with Gasteiger partial charge in [0.05, 0.1) is 11.4 Å². The summed E-state index contributed by atoms with van der Waals surface area (Å²) in [4.78, 5) is 1.39. The van der Waals surface area contributed by atoms with Crippen LogP contribution in [0, 0.1) is 5.92 Å². The minimum atomic E-state index is -4.52. The Balaban J connectivity index is 1.67. The number of likely N-dealkylation sites (tertiary alicyclic amines) is 1. The Morgan fingerprint density at radius 3 is 2.28 bits per heavy atom. The first-order valence-electron chi connectivity index (χ1n) is 7.93. The van der Waals surface area contributed by atoms with E-state index in [0.29, 0.717) is 12.1 Å². The van der Waals surface area contributed by atoms with Gasteiger partial charge >= 0.3 is 0 Å². The minimum Gasteiger partial charge on any atom is -0.744 e. The summed E-state index contributed by atoms with van der Waals surface area (Å²) in [7, 11) is -4.52. The monoisotopic (exact) mass is 366 g/mol. The molecular formula is C18H18F2NO3S-. The second kappa shape index (κ2) is 6.82. The second-order valence-electron chi connectivity index (χ2n) is 6.42. The molecule has 25 heavy (non-hydrogen) atoms. The Labute approximate surface area is 145 Å². The molecule has 0 saturated carbocycles. The lowest BCUT2D eigenvalue weighted by Crippen LogP contribution is -2.28. The van der Waals surface area contributed by atoms with E-state index in [1.165, 1.54) is 24.3 Å². The van der Waals surface area contributed by atoms with E-state index in [2.05, 4.69) is 0 Å². The van der Waals surface area contributed by atoms with Crippen molar-refractivity contribution >= 4 is 10.1 Å². The van der Waals surface area contributed by atoms with E-state index in [4.69, 9.17) is 0 Å². The lowest BCUT2D eigenvalue weighted by Gasteiger charge is -2.17. The van der Waals surface area contributed by atoms with Crippen molar-refractivity contribution in [1.29, 1.82) is 0 Å². The van der Waals surface area contributed by atoms with Gasteiger partial charge in [0.1, 0.15) is 10.1 Å². The minimum absolute atomic E-state index is 0.136. The molecule has 0 aliphatic carbocycles. The van der Waals surface area contributed by atoms with E-state index >= 15 is 0 Å². The molecule has 0 bridgehead atoms. The van der Waals surface area contributed by atoms with Gasteiger partial charge < -0.3 is 4.55 Å². The van der Waals surface area contributed by atoms with Gasteiger partial charge in [-0.1, -0.05) is 42.5 Å². The lowest BCUT2D eigenvalue weighted by molar-refractivity contribution is -0.0269. The standard InChI is InChI=1S/C18H19F2NO3S/c19-18(20)13-21(11-15-4-2-1-3-5-15)12-16(18)10-14-6-8-17(9-7-14)25(22,23)24/h1-9,16H,10-13H2,(H,22,23,24)/p-1. The fourth-order valence-electron chi connectivity index (χ4n) is 3.19. The van der Waals surface area contributed by atoms with Crippen LogP contribution < -0.4 is 0 Å². The molecule has 1 unspecified atom stereocenters. The average molecular weight is 366 g/mol. The summed E-state index contributed by atoms with van der Waals surface area (Å²) in [6, 6.07) is 14.7. The van der Waals surface area contributed by atoms with E-state index in [1.54, 1.807) is 4.90 Å². The maximum atomic E-state index is 14.3. The first kappa shape index (κ1) is 18.0. The quantitative estimate of drug-likeness (QED) is 0.764. The van der Waals surface area contributed by atoms with Gasteiger partial charge in [0, 0.05) is 19.0 Å². The molecule has 1 fully saturated rings. The van der Waals surface area contributed by atoms with E-state index in [9.17, 15) is 21.8 Å². The number of hydrogen-bond donors (Lipinski definition) is 0. The summed E-state index contributed by atoms with van der Waals surface area (Å²) in [6.07, 6.45) is 0.136. The molecule has 4 nitrogen and oxygen atoms in total. The maximum absolute atomic E-state index is 14.3. The van der Waals surface area contributed by atoms with Crippen molar-refractivity contribution in [1.82, 2.24) is 4.90 Å². The number of alkyl halides is 2. The van der Waals surface area contributed by atoms with Gasteiger partial charge in [0.25, 0.3) is 5.92 Å². The smallest absolute Gasteiger partial charge is 0.264 e. The Hall–Kier alpha value is -1.83. The molecule has 0 spiro atoms. The average Bonchev–Trinajstić information content (AvgIpc) is 2.81. The third kappa shape index (κ3) is 4.42.